The predicted octanol–water partition coefficient (Wildman–Crippen LogP) is 3.70. The van der Waals surface area contributed by atoms with E-state index in [-0.39, 0.29) is 0 Å². The van der Waals surface area contributed by atoms with Gasteiger partial charge in [0.15, 0.2) is 0 Å². The normalized spacial score (nSPS) is 14.1. The molecule has 1 atom stereocenters. The van der Waals surface area contributed by atoms with Crippen LogP contribution in [0.3, 0.4) is 0 Å². The van der Waals surface area contributed by atoms with Crippen molar-refractivity contribution in [1.82, 2.24) is 5.32 Å². The maximum Gasteiger partial charge on any atom is 0.0105 e. The molecule has 1 rings (SSSR count). The summed E-state index contributed by atoms with van der Waals surface area (Å²) in [5.74, 6) is 0. The van der Waals surface area contributed by atoms with E-state index in [0.29, 0.717) is 11.5 Å². The fourth-order valence-electron chi connectivity index (χ4n) is 1.65. The molecular weight excluding hydrogens is 202 g/mol. The molecule has 0 aromatic carbocycles. The summed E-state index contributed by atoms with van der Waals surface area (Å²) in [6, 6.07) is 2.85. The summed E-state index contributed by atoms with van der Waals surface area (Å²) >= 11 is 1.79. The molecule has 0 bridgehead atoms. The molecule has 0 aliphatic rings. The summed E-state index contributed by atoms with van der Waals surface area (Å²) < 4.78 is 0. The Morgan fingerprint density at radius 2 is 2.13 bits per heavy atom. The van der Waals surface area contributed by atoms with Crippen molar-refractivity contribution in [2.75, 3.05) is 7.05 Å². The highest BCUT2D eigenvalue weighted by atomic mass is 32.1. The second-order valence-corrected chi connectivity index (χ2v) is 6.20. The monoisotopic (exact) mass is 225 g/mol. The number of nitrogens with one attached hydrogen (secondary N) is 1. The molecule has 15 heavy (non-hydrogen) atoms. The third-order valence-electron chi connectivity index (χ3n) is 2.71. The van der Waals surface area contributed by atoms with Gasteiger partial charge in [0.2, 0.25) is 0 Å². The largest absolute Gasteiger partial charge is 0.317 e. The Balaban J connectivity index is 2.36. The Kier molecular flexibility index (Phi) is 4.81. The van der Waals surface area contributed by atoms with Crippen molar-refractivity contribution in [2.24, 2.45) is 5.41 Å². The second kappa shape index (κ2) is 5.66. The lowest BCUT2D eigenvalue weighted by Crippen LogP contribution is -2.28. The van der Waals surface area contributed by atoms with Crippen LogP contribution in [0.1, 0.15) is 39.2 Å². The van der Waals surface area contributed by atoms with Crippen molar-refractivity contribution in [2.45, 2.75) is 46.1 Å². The van der Waals surface area contributed by atoms with Gasteiger partial charge in [-0.25, -0.2) is 0 Å². The van der Waals surface area contributed by atoms with Gasteiger partial charge in [0.05, 0.1) is 0 Å². The molecule has 1 aromatic rings. The van der Waals surface area contributed by atoms with Gasteiger partial charge < -0.3 is 5.32 Å². The van der Waals surface area contributed by atoms with Gasteiger partial charge >= 0.3 is 0 Å². The highest BCUT2D eigenvalue weighted by Gasteiger charge is 2.14. The lowest BCUT2D eigenvalue weighted by atomic mass is 9.87. The molecule has 1 aromatic heterocycles. The summed E-state index contributed by atoms with van der Waals surface area (Å²) in [6.07, 6.45) is 3.70. The van der Waals surface area contributed by atoms with E-state index in [4.69, 9.17) is 0 Å². The summed E-state index contributed by atoms with van der Waals surface area (Å²) in [4.78, 5) is 0. The maximum absolute atomic E-state index is 3.42. The molecule has 1 unspecified atom stereocenters. The summed E-state index contributed by atoms with van der Waals surface area (Å²) in [5, 5.41) is 7.83. The van der Waals surface area contributed by atoms with Crippen LogP contribution in [-0.2, 0) is 6.42 Å². The molecule has 0 fully saturated rings. The van der Waals surface area contributed by atoms with Gasteiger partial charge in [0.25, 0.3) is 0 Å². The lowest BCUT2D eigenvalue weighted by Gasteiger charge is -2.22. The van der Waals surface area contributed by atoms with E-state index >= 15 is 0 Å². The standard InChI is InChI=1S/C13H23NS/c1-13(2,3)7-5-12(14-4)9-11-6-8-15-10-11/h6,8,10,12,14H,5,7,9H2,1-4H3. The van der Waals surface area contributed by atoms with E-state index < -0.39 is 0 Å². The first-order valence-electron chi connectivity index (χ1n) is 5.69. The molecule has 0 saturated carbocycles. The summed E-state index contributed by atoms with van der Waals surface area (Å²) in [7, 11) is 2.07. The molecule has 86 valence electrons. The van der Waals surface area contributed by atoms with Gasteiger partial charge in [-0.15, -0.1) is 0 Å². The second-order valence-electron chi connectivity index (χ2n) is 5.42. The first kappa shape index (κ1) is 12.7. The van der Waals surface area contributed by atoms with E-state index in [0.717, 1.165) is 6.42 Å². The molecule has 0 aliphatic carbocycles. The van der Waals surface area contributed by atoms with Gasteiger partial charge in [-0.2, -0.15) is 11.3 Å². The van der Waals surface area contributed by atoms with Crippen LogP contribution < -0.4 is 5.32 Å². The third kappa shape index (κ3) is 5.33. The first-order chi connectivity index (χ1) is 7.01. The topological polar surface area (TPSA) is 12.0 Å². The smallest absolute Gasteiger partial charge is 0.0105 e. The average Bonchev–Trinajstić information content (AvgIpc) is 2.63. The SMILES string of the molecule is CNC(CCC(C)(C)C)Cc1ccsc1. The molecule has 0 spiro atoms. The van der Waals surface area contributed by atoms with Crippen LogP contribution in [0.2, 0.25) is 0 Å². The quantitative estimate of drug-likeness (QED) is 0.805. The van der Waals surface area contributed by atoms with Crippen LogP contribution in [0.4, 0.5) is 0 Å². The summed E-state index contributed by atoms with van der Waals surface area (Å²) in [6.45, 7) is 6.93. The minimum Gasteiger partial charge on any atom is -0.317 e. The van der Waals surface area contributed by atoms with Gasteiger partial charge in [-0.3, -0.25) is 0 Å². The number of hydrogen-bond acceptors (Lipinski definition) is 2. The molecule has 1 heterocycles. The molecule has 0 saturated heterocycles. The van der Waals surface area contributed by atoms with Crippen molar-refractivity contribution in [3.05, 3.63) is 22.4 Å². The Bertz CT molecular complexity index is 259. The van der Waals surface area contributed by atoms with Crippen molar-refractivity contribution in [3.8, 4) is 0 Å². The minimum atomic E-state index is 0.448. The molecule has 0 radical (unpaired) electrons. The first-order valence-corrected chi connectivity index (χ1v) is 6.64. The fourth-order valence-corrected chi connectivity index (χ4v) is 2.33. The maximum atomic E-state index is 3.42. The molecule has 1 nitrogen and oxygen atoms in total. The third-order valence-corrected chi connectivity index (χ3v) is 3.45. The summed E-state index contributed by atoms with van der Waals surface area (Å²) in [5.41, 5.74) is 1.91. The zero-order valence-electron chi connectivity index (χ0n) is 10.3. The van der Waals surface area contributed by atoms with Crippen LogP contribution in [0, 0.1) is 5.41 Å². The Hall–Kier alpha value is -0.340. The Morgan fingerprint density at radius 1 is 1.40 bits per heavy atom. The molecule has 0 aliphatic heterocycles. The highest BCUT2D eigenvalue weighted by Crippen LogP contribution is 2.22. The molecule has 1 N–H and O–H groups in total. The van der Waals surface area contributed by atoms with Crippen LogP contribution in [0.25, 0.3) is 0 Å². The predicted molar refractivity (Wildman–Crippen MR) is 69.6 cm³/mol. The van der Waals surface area contributed by atoms with Gasteiger partial charge in [0, 0.05) is 6.04 Å². The van der Waals surface area contributed by atoms with Crippen LogP contribution >= 0.6 is 11.3 Å². The number of hydrogen-bond donors (Lipinski definition) is 1. The van der Waals surface area contributed by atoms with Crippen LogP contribution in [0.5, 0.6) is 0 Å². The van der Waals surface area contributed by atoms with Crippen molar-refractivity contribution < 1.29 is 0 Å². The average molecular weight is 225 g/mol. The van der Waals surface area contributed by atoms with Crippen molar-refractivity contribution >= 4 is 11.3 Å². The molecule has 2 heteroatoms. The van der Waals surface area contributed by atoms with Gasteiger partial charge in [0.1, 0.15) is 0 Å². The number of rotatable bonds is 5. The van der Waals surface area contributed by atoms with E-state index in [1.165, 1.54) is 18.4 Å². The van der Waals surface area contributed by atoms with Crippen LogP contribution in [0.15, 0.2) is 16.8 Å². The zero-order valence-corrected chi connectivity index (χ0v) is 11.2. The van der Waals surface area contributed by atoms with Crippen LogP contribution in [-0.4, -0.2) is 13.1 Å². The Morgan fingerprint density at radius 3 is 2.60 bits per heavy atom. The van der Waals surface area contributed by atoms with Crippen molar-refractivity contribution in [3.63, 3.8) is 0 Å². The fraction of sp³-hybridized carbons (Fsp3) is 0.692. The number of likely N-dealkylation sites (N-methyl/N-ethyl adjacent to an activating group) is 1. The van der Waals surface area contributed by atoms with E-state index in [1.807, 2.05) is 0 Å². The minimum absolute atomic E-state index is 0.448. The van der Waals surface area contributed by atoms with E-state index in [2.05, 4.69) is 50.0 Å². The zero-order chi connectivity index (χ0) is 11.3. The lowest BCUT2D eigenvalue weighted by molar-refractivity contribution is 0.335. The van der Waals surface area contributed by atoms with Gasteiger partial charge in [-0.05, 0) is 54.1 Å². The van der Waals surface area contributed by atoms with E-state index in [9.17, 15) is 0 Å². The molecular formula is C13H23NS. The van der Waals surface area contributed by atoms with Gasteiger partial charge in [-0.1, -0.05) is 20.8 Å². The Labute approximate surface area is 97.9 Å². The van der Waals surface area contributed by atoms with E-state index in [1.54, 1.807) is 11.3 Å². The number of thiophene rings is 1. The van der Waals surface area contributed by atoms with Crippen molar-refractivity contribution in [1.29, 1.82) is 0 Å². The molecule has 0 amide bonds. The highest BCUT2D eigenvalue weighted by molar-refractivity contribution is 7.07.